The third-order valence-electron chi connectivity index (χ3n) is 2.94. The Hall–Kier alpha value is -1.06. The summed E-state index contributed by atoms with van der Waals surface area (Å²) in [6.45, 7) is 2.64. The molecule has 15 heavy (non-hydrogen) atoms. The Bertz CT molecular complexity index is 338. The molecule has 82 valence electrons. The van der Waals surface area contributed by atoms with Crippen LogP contribution < -0.4 is 5.32 Å². The number of hydrogen-bond donors (Lipinski definition) is 2. The Balaban J connectivity index is 2.18. The van der Waals surface area contributed by atoms with E-state index in [0.29, 0.717) is 11.7 Å². The number of benzene rings is 1. The molecule has 1 atom stereocenters. The summed E-state index contributed by atoms with van der Waals surface area (Å²) in [5.74, 6) is 0.859. The average molecular weight is 207 g/mol. The highest BCUT2D eigenvalue weighted by molar-refractivity contribution is 5.38. The van der Waals surface area contributed by atoms with Gasteiger partial charge < -0.3 is 15.2 Å². The molecule has 1 aliphatic heterocycles. The van der Waals surface area contributed by atoms with Gasteiger partial charge in [0.25, 0.3) is 0 Å². The molecule has 0 aliphatic carbocycles. The van der Waals surface area contributed by atoms with Gasteiger partial charge in [0, 0.05) is 26.8 Å². The molecule has 0 saturated carbocycles. The van der Waals surface area contributed by atoms with E-state index in [1.807, 2.05) is 12.1 Å². The van der Waals surface area contributed by atoms with Crippen molar-refractivity contribution in [3.8, 4) is 5.75 Å². The molecule has 1 aromatic rings. The number of fused-ring (bicyclic) bond motifs is 1. The van der Waals surface area contributed by atoms with Crippen molar-refractivity contribution in [2.75, 3.05) is 20.3 Å². The van der Waals surface area contributed by atoms with Gasteiger partial charge in [-0.25, -0.2) is 0 Å². The second-order valence-electron chi connectivity index (χ2n) is 3.99. The number of ether oxygens (including phenoxy) is 1. The molecule has 1 unspecified atom stereocenters. The molecular weight excluding hydrogens is 190 g/mol. The third kappa shape index (κ3) is 2.30. The minimum absolute atomic E-state index is 0.350. The Kier molecular flexibility index (Phi) is 3.23. The maximum atomic E-state index is 9.40. The van der Waals surface area contributed by atoms with E-state index in [9.17, 15) is 5.11 Å². The monoisotopic (exact) mass is 207 g/mol. The minimum Gasteiger partial charge on any atom is -0.508 e. The fraction of sp³-hybridized carbons (Fsp3) is 0.500. The molecule has 3 nitrogen and oxygen atoms in total. The molecule has 3 heteroatoms. The molecule has 2 rings (SSSR count). The molecule has 0 aromatic heterocycles. The quantitative estimate of drug-likeness (QED) is 0.791. The van der Waals surface area contributed by atoms with Crippen molar-refractivity contribution < 1.29 is 9.84 Å². The average Bonchev–Trinajstić information content (AvgIpc) is 2.25. The summed E-state index contributed by atoms with van der Waals surface area (Å²) in [6, 6.07) is 5.65. The molecule has 1 aliphatic rings. The number of methoxy groups -OCH3 is 1. The summed E-state index contributed by atoms with van der Waals surface area (Å²) >= 11 is 0. The van der Waals surface area contributed by atoms with Gasteiger partial charge >= 0.3 is 0 Å². The van der Waals surface area contributed by atoms with Gasteiger partial charge in [0.1, 0.15) is 5.75 Å². The number of phenols is 1. The number of aromatic hydroxyl groups is 1. The van der Waals surface area contributed by atoms with Gasteiger partial charge in [-0.15, -0.1) is 0 Å². The van der Waals surface area contributed by atoms with Gasteiger partial charge in [0.15, 0.2) is 0 Å². The van der Waals surface area contributed by atoms with Gasteiger partial charge in [-0.3, -0.25) is 0 Å². The van der Waals surface area contributed by atoms with E-state index < -0.39 is 0 Å². The fourth-order valence-electron chi connectivity index (χ4n) is 2.15. The van der Waals surface area contributed by atoms with Crippen LogP contribution in [0.3, 0.4) is 0 Å². The van der Waals surface area contributed by atoms with E-state index in [2.05, 4.69) is 5.32 Å². The van der Waals surface area contributed by atoms with Crippen LogP contribution >= 0.6 is 0 Å². The van der Waals surface area contributed by atoms with E-state index in [1.165, 1.54) is 11.1 Å². The van der Waals surface area contributed by atoms with Crippen molar-refractivity contribution in [3.05, 3.63) is 29.3 Å². The highest BCUT2D eigenvalue weighted by atomic mass is 16.5. The normalized spacial score (nSPS) is 19.9. The first kappa shape index (κ1) is 10.5. The first-order valence-corrected chi connectivity index (χ1v) is 5.32. The second-order valence-corrected chi connectivity index (χ2v) is 3.99. The summed E-state index contributed by atoms with van der Waals surface area (Å²) in [7, 11) is 1.73. The summed E-state index contributed by atoms with van der Waals surface area (Å²) in [5, 5.41) is 12.8. The van der Waals surface area contributed by atoms with Gasteiger partial charge in [0.05, 0.1) is 0 Å². The molecule has 0 spiro atoms. The van der Waals surface area contributed by atoms with E-state index in [-0.39, 0.29) is 0 Å². The number of nitrogens with one attached hydrogen (secondary N) is 1. The van der Waals surface area contributed by atoms with Crippen molar-refractivity contribution in [1.29, 1.82) is 0 Å². The van der Waals surface area contributed by atoms with Crippen LogP contribution in [0, 0.1) is 0 Å². The Morgan fingerprint density at radius 2 is 2.40 bits per heavy atom. The predicted molar refractivity (Wildman–Crippen MR) is 59.0 cm³/mol. The van der Waals surface area contributed by atoms with Crippen LogP contribution in [-0.4, -0.2) is 25.4 Å². The van der Waals surface area contributed by atoms with Gasteiger partial charge in [-0.1, -0.05) is 6.07 Å². The maximum Gasteiger partial charge on any atom is 0.115 e. The molecule has 0 radical (unpaired) electrons. The lowest BCUT2D eigenvalue weighted by atomic mass is 9.88. The van der Waals surface area contributed by atoms with E-state index >= 15 is 0 Å². The van der Waals surface area contributed by atoms with Crippen molar-refractivity contribution in [3.63, 3.8) is 0 Å². The molecule has 2 N–H and O–H groups in total. The van der Waals surface area contributed by atoms with E-state index in [4.69, 9.17) is 4.74 Å². The summed E-state index contributed by atoms with van der Waals surface area (Å²) in [6.07, 6.45) is 1.03. The van der Waals surface area contributed by atoms with Crippen LogP contribution in [0.2, 0.25) is 0 Å². The third-order valence-corrected chi connectivity index (χ3v) is 2.94. The number of rotatable bonds is 3. The zero-order valence-electron chi connectivity index (χ0n) is 8.99. The van der Waals surface area contributed by atoms with Crippen LogP contribution in [0.25, 0.3) is 0 Å². The zero-order chi connectivity index (χ0) is 10.7. The van der Waals surface area contributed by atoms with Gasteiger partial charge in [-0.05, 0) is 35.6 Å². The largest absolute Gasteiger partial charge is 0.508 e. The minimum atomic E-state index is 0.350. The van der Waals surface area contributed by atoms with Crippen LogP contribution in [-0.2, 0) is 11.3 Å². The Morgan fingerprint density at radius 3 is 3.20 bits per heavy atom. The summed E-state index contributed by atoms with van der Waals surface area (Å²) in [5.41, 5.74) is 2.56. The van der Waals surface area contributed by atoms with Crippen LogP contribution in [0.5, 0.6) is 5.75 Å². The lowest BCUT2D eigenvalue weighted by Gasteiger charge is -2.26. The van der Waals surface area contributed by atoms with Gasteiger partial charge in [0.2, 0.25) is 0 Å². The smallest absolute Gasteiger partial charge is 0.115 e. The summed E-state index contributed by atoms with van der Waals surface area (Å²) in [4.78, 5) is 0. The molecule has 0 bridgehead atoms. The highest BCUT2D eigenvalue weighted by Gasteiger charge is 2.19. The number of phenolic OH excluding ortho intramolecular Hbond substituents is 1. The Labute approximate surface area is 90.1 Å². The molecule has 1 aromatic carbocycles. The molecular formula is C12H17NO2. The molecule has 0 saturated heterocycles. The second kappa shape index (κ2) is 4.64. The highest BCUT2D eigenvalue weighted by Crippen LogP contribution is 2.29. The van der Waals surface area contributed by atoms with Crippen LogP contribution in [0.15, 0.2) is 18.2 Å². The first-order valence-electron chi connectivity index (χ1n) is 5.32. The standard InChI is InChI=1S/C12H17NO2/c1-15-5-4-9-7-13-8-10-6-11(14)2-3-12(9)10/h2-3,6,9,13-14H,4-5,7-8H2,1H3. The van der Waals surface area contributed by atoms with Crippen molar-refractivity contribution in [1.82, 2.24) is 5.32 Å². The predicted octanol–water partition coefficient (Wildman–Crippen LogP) is 1.62. The van der Waals surface area contributed by atoms with Crippen molar-refractivity contribution >= 4 is 0 Å². The number of hydrogen-bond acceptors (Lipinski definition) is 3. The van der Waals surface area contributed by atoms with Crippen LogP contribution in [0.4, 0.5) is 0 Å². The van der Waals surface area contributed by atoms with E-state index in [0.717, 1.165) is 26.1 Å². The summed E-state index contributed by atoms with van der Waals surface area (Å²) < 4.78 is 5.11. The van der Waals surface area contributed by atoms with Crippen molar-refractivity contribution in [2.24, 2.45) is 0 Å². The lowest BCUT2D eigenvalue weighted by molar-refractivity contribution is 0.186. The first-order chi connectivity index (χ1) is 7.31. The van der Waals surface area contributed by atoms with Crippen molar-refractivity contribution in [2.45, 2.75) is 18.9 Å². The zero-order valence-corrected chi connectivity index (χ0v) is 8.99. The SMILES string of the molecule is COCCC1CNCc2cc(O)ccc21. The molecule has 0 amide bonds. The molecule has 1 heterocycles. The lowest BCUT2D eigenvalue weighted by Crippen LogP contribution is -2.28. The maximum absolute atomic E-state index is 9.40. The van der Waals surface area contributed by atoms with E-state index in [1.54, 1.807) is 13.2 Å². The van der Waals surface area contributed by atoms with Crippen LogP contribution in [0.1, 0.15) is 23.5 Å². The topological polar surface area (TPSA) is 41.5 Å². The Morgan fingerprint density at radius 1 is 1.53 bits per heavy atom. The fourth-order valence-corrected chi connectivity index (χ4v) is 2.15. The molecule has 0 fully saturated rings. The van der Waals surface area contributed by atoms with Gasteiger partial charge in [-0.2, -0.15) is 0 Å².